The number of ether oxygens (including phenoxy) is 5. The predicted octanol–water partition coefficient (Wildman–Crippen LogP) is 5.69. The lowest BCUT2D eigenvalue weighted by molar-refractivity contribution is -0.129. The molecule has 3 aromatic carbocycles. The number of carbonyl (C=O) groups is 2. The summed E-state index contributed by atoms with van der Waals surface area (Å²) in [5, 5.41) is 0.548. The Balaban J connectivity index is 1.66. The molecule has 0 saturated heterocycles. The van der Waals surface area contributed by atoms with Gasteiger partial charge in [-0.2, -0.15) is 0 Å². The van der Waals surface area contributed by atoms with Crippen molar-refractivity contribution in [3.63, 3.8) is 0 Å². The summed E-state index contributed by atoms with van der Waals surface area (Å²) in [4.78, 5) is 29.8. The minimum atomic E-state index is -0.671. The molecule has 1 aliphatic rings. The van der Waals surface area contributed by atoms with Gasteiger partial charge in [0.25, 0.3) is 0 Å². The fourth-order valence-electron chi connectivity index (χ4n) is 3.36. The molecule has 1 heterocycles. The van der Waals surface area contributed by atoms with Crippen LogP contribution in [-0.2, 0) is 9.53 Å². The van der Waals surface area contributed by atoms with Crippen molar-refractivity contribution in [3.8, 4) is 23.0 Å². The Morgan fingerprint density at radius 2 is 1.61 bits per heavy atom. The lowest BCUT2D eigenvalue weighted by atomic mass is 10.1. The van der Waals surface area contributed by atoms with Crippen molar-refractivity contribution in [2.24, 2.45) is 4.99 Å². The van der Waals surface area contributed by atoms with Crippen LogP contribution in [0.15, 0.2) is 69.8 Å². The van der Waals surface area contributed by atoms with Gasteiger partial charge in [-0.1, -0.05) is 27.5 Å². The summed E-state index contributed by atoms with van der Waals surface area (Å²) in [7, 11) is 4.37. The molecule has 36 heavy (non-hydrogen) atoms. The van der Waals surface area contributed by atoms with E-state index in [1.54, 1.807) is 42.5 Å². The highest BCUT2D eigenvalue weighted by Gasteiger charge is 2.25. The Hall–Kier alpha value is -3.82. The van der Waals surface area contributed by atoms with Gasteiger partial charge in [-0.15, -0.1) is 0 Å². The van der Waals surface area contributed by atoms with Crippen LogP contribution in [0, 0.1) is 0 Å². The molecule has 0 saturated carbocycles. The van der Waals surface area contributed by atoms with E-state index in [1.807, 2.05) is 0 Å². The van der Waals surface area contributed by atoms with Crippen LogP contribution in [-0.4, -0.2) is 39.2 Å². The minimum absolute atomic E-state index is 0.0446. The molecule has 0 radical (unpaired) electrons. The standard InChI is InChI=1S/C26H19BrClNO7/c1-32-21-12-16(13-22(33-2)23(21)34-3)25(30)35-20-9-6-17(27)10-15(20)11-19-26(31)36-24(29-19)14-4-7-18(28)8-5-14/h4-13H,1-3H3/b19-11+. The first-order chi connectivity index (χ1) is 17.3. The van der Waals surface area contributed by atoms with Crippen molar-refractivity contribution in [3.05, 3.63) is 86.5 Å². The average Bonchev–Trinajstić information content (AvgIpc) is 3.24. The number of carbonyl (C=O) groups excluding carboxylic acids is 2. The number of halogens is 2. The number of esters is 2. The van der Waals surface area contributed by atoms with Crippen LogP contribution in [0.25, 0.3) is 6.08 Å². The molecule has 0 amide bonds. The average molecular weight is 573 g/mol. The number of methoxy groups -OCH3 is 3. The molecular formula is C26H19BrClNO7. The largest absolute Gasteiger partial charge is 0.493 e. The summed E-state index contributed by atoms with van der Waals surface area (Å²) < 4.78 is 27.6. The minimum Gasteiger partial charge on any atom is -0.493 e. The molecule has 0 fully saturated rings. The lowest BCUT2D eigenvalue weighted by Crippen LogP contribution is -2.10. The maximum Gasteiger partial charge on any atom is 0.363 e. The van der Waals surface area contributed by atoms with E-state index in [0.29, 0.717) is 37.9 Å². The van der Waals surface area contributed by atoms with Crippen molar-refractivity contribution in [2.75, 3.05) is 21.3 Å². The van der Waals surface area contributed by atoms with Crippen LogP contribution in [0.3, 0.4) is 0 Å². The van der Waals surface area contributed by atoms with E-state index in [-0.39, 0.29) is 22.9 Å². The van der Waals surface area contributed by atoms with Gasteiger partial charge in [0.2, 0.25) is 11.6 Å². The smallest absolute Gasteiger partial charge is 0.363 e. The van der Waals surface area contributed by atoms with Gasteiger partial charge in [-0.05, 0) is 60.7 Å². The molecule has 8 nitrogen and oxygen atoms in total. The van der Waals surface area contributed by atoms with Crippen LogP contribution < -0.4 is 18.9 Å². The first-order valence-electron chi connectivity index (χ1n) is 10.4. The topological polar surface area (TPSA) is 92.7 Å². The van der Waals surface area contributed by atoms with E-state index in [0.717, 1.165) is 0 Å². The third-order valence-corrected chi connectivity index (χ3v) is 5.82. The van der Waals surface area contributed by atoms with E-state index >= 15 is 0 Å². The predicted molar refractivity (Wildman–Crippen MR) is 137 cm³/mol. The summed E-state index contributed by atoms with van der Waals surface area (Å²) in [6.07, 6.45) is 1.48. The number of hydrogen-bond acceptors (Lipinski definition) is 8. The van der Waals surface area contributed by atoms with Gasteiger partial charge in [0, 0.05) is 20.6 Å². The van der Waals surface area contributed by atoms with Gasteiger partial charge < -0.3 is 23.7 Å². The quantitative estimate of drug-likeness (QED) is 0.204. The Labute approximate surface area is 220 Å². The number of cyclic esters (lactones) is 1. The molecule has 0 atom stereocenters. The van der Waals surface area contributed by atoms with E-state index in [9.17, 15) is 9.59 Å². The maximum absolute atomic E-state index is 13.0. The molecule has 0 aliphatic carbocycles. The van der Waals surface area contributed by atoms with Crippen LogP contribution in [0.2, 0.25) is 5.02 Å². The summed E-state index contributed by atoms with van der Waals surface area (Å²) >= 11 is 9.32. The van der Waals surface area contributed by atoms with E-state index in [1.165, 1.54) is 39.5 Å². The van der Waals surface area contributed by atoms with Crippen molar-refractivity contribution >= 4 is 51.4 Å². The Kier molecular flexibility index (Phi) is 7.61. The van der Waals surface area contributed by atoms with E-state index in [2.05, 4.69) is 20.9 Å². The highest BCUT2D eigenvalue weighted by atomic mass is 79.9. The Bertz CT molecular complexity index is 1370. The lowest BCUT2D eigenvalue weighted by Gasteiger charge is -2.14. The van der Waals surface area contributed by atoms with E-state index in [4.69, 9.17) is 35.3 Å². The number of nitrogens with zero attached hydrogens (tertiary/aromatic N) is 1. The van der Waals surface area contributed by atoms with Crippen LogP contribution in [0.5, 0.6) is 23.0 Å². The fraction of sp³-hybridized carbons (Fsp3) is 0.115. The van der Waals surface area contributed by atoms with Crippen molar-refractivity contribution in [2.45, 2.75) is 0 Å². The highest BCUT2D eigenvalue weighted by molar-refractivity contribution is 9.10. The first-order valence-corrected chi connectivity index (χ1v) is 11.6. The third-order valence-electron chi connectivity index (χ3n) is 5.08. The molecule has 0 spiro atoms. The van der Waals surface area contributed by atoms with Crippen molar-refractivity contribution in [1.82, 2.24) is 0 Å². The van der Waals surface area contributed by atoms with Crippen LogP contribution in [0.4, 0.5) is 0 Å². The molecule has 0 aromatic heterocycles. The van der Waals surface area contributed by atoms with Crippen molar-refractivity contribution < 1.29 is 33.3 Å². The monoisotopic (exact) mass is 571 g/mol. The maximum atomic E-state index is 13.0. The first kappa shape index (κ1) is 25.3. The van der Waals surface area contributed by atoms with Gasteiger partial charge >= 0.3 is 11.9 Å². The number of rotatable bonds is 7. The molecule has 0 bridgehead atoms. The molecular weight excluding hydrogens is 554 g/mol. The van der Waals surface area contributed by atoms with Gasteiger partial charge in [-0.25, -0.2) is 14.6 Å². The summed E-state index contributed by atoms with van der Waals surface area (Å²) in [6, 6.07) is 14.7. The molecule has 1 aliphatic heterocycles. The van der Waals surface area contributed by atoms with Crippen LogP contribution >= 0.6 is 27.5 Å². The van der Waals surface area contributed by atoms with Gasteiger partial charge in [0.1, 0.15) is 5.75 Å². The Morgan fingerprint density at radius 3 is 2.22 bits per heavy atom. The normalized spacial score (nSPS) is 13.8. The highest BCUT2D eigenvalue weighted by Crippen LogP contribution is 2.38. The molecule has 4 rings (SSSR count). The summed E-state index contributed by atoms with van der Waals surface area (Å²) in [5.41, 5.74) is 1.25. The van der Waals surface area contributed by atoms with Gasteiger partial charge in [0.05, 0.1) is 26.9 Å². The summed E-state index contributed by atoms with van der Waals surface area (Å²) in [5.74, 6) is -0.00201. The molecule has 10 heteroatoms. The third kappa shape index (κ3) is 5.37. The number of benzene rings is 3. The SMILES string of the molecule is COc1cc(C(=O)Oc2ccc(Br)cc2/C=C2/N=C(c3ccc(Cl)cc3)OC2=O)cc(OC)c1OC. The van der Waals surface area contributed by atoms with Gasteiger partial charge in [0.15, 0.2) is 17.2 Å². The second kappa shape index (κ2) is 10.8. The van der Waals surface area contributed by atoms with E-state index < -0.39 is 11.9 Å². The number of hydrogen-bond donors (Lipinski definition) is 0. The molecule has 0 unspecified atom stereocenters. The zero-order valence-corrected chi connectivity index (χ0v) is 21.7. The second-order valence-electron chi connectivity index (χ2n) is 7.33. The summed E-state index contributed by atoms with van der Waals surface area (Å²) in [6.45, 7) is 0. The zero-order valence-electron chi connectivity index (χ0n) is 19.3. The molecule has 0 N–H and O–H groups in total. The zero-order chi connectivity index (χ0) is 25.8. The van der Waals surface area contributed by atoms with Crippen LogP contribution in [0.1, 0.15) is 21.5 Å². The second-order valence-corrected chi connectivity index (χ2v) is 8.68. The number of aliphatic imine (C=N–C) groups is 1. The molecule has 184 valence electrons. The van der Waals surface area contributed by atoms with Crippen molar-refractivity contribution in [1.29, 1.82) is 0 Å². The Morgan fingerprint density at radius 1 is 0.944 bits per heavy atom. The molecule has 3 aromatic rings. The fourth-order valence-corrected chi connectivity index (χ4v) is 3.86. The van der Waals surface area contributed by atoms with Gasteiger partial charge in [-0.3, -0.25) is 0 Å².